The van der Waals surface area contributed by atoms with Crippen molar-refractivity contribution >= 4 is 17.0 Å². The van der Waals surface area contributed by atoms with Crippen molar-refractivity contribution < 1.29 is 17.7 Å². The Hall–Kier alpha value is -0.570. The molecule has 1 heterocycles. The molecule has 1 aliphatic rings. The minimum atomic E-state index is -1.92. The number of piperazine rings is 1. The van der Waals surface area contributed by atoms with Gasteiger partial charge in [-0.2, -0.15) is 9.35 Å². The molecule has 8 heteroatoms. The Morgan fingerprint density at radius 3 is 2.50 bits per heavy atom. The van der Waals surface area contributed by atoms with Crippen LogP contribution in [0.2, 0.25) is 0 Å². The Kier molecular flexibility index (Phi) is 5.26. The first-order chi connectivity index (χ1) is 7.54. The van der Waals surface area contributed by atoms with Gasteiger partial charge >= 0.3 is 0 Å². The lowest BCUT2D eigenvalue weighted by molar-refractivity contribution is -0.140. The molecule has 2 unspecified atom stereocenters. The van der Waals surface area contributed by atoms with Gasteiger partial charge in [0.05, 0.1) is 6.04 Å². The molecule has 1 saturated heterocycles. The molecule has 6 nitrogen and oxygen atoms in total. The Labute approximate surface area is 96.1 Å². The van der Waals surface area contributed by atoms with Crippen LogP contribution in [0.5, 0.6) is 0 Å². The summed E-state index contributed by atoms with van der Waals surface area (Å²) in [5.74, 6) is -0.119. The maximum atomic E-state index is 11.9. The van der Waals surface area contributed by atoms with Crippen LogP contribution < -0.4 is 5.73 Å². The van der Waals surface area contributed by atoms with E-state index in [0.717, 1.165) is 0 Å². The standard InChI is InChI=1S/C8H16FN3O3S/c1-7(10)8(13)11-2-4-12(5-3-11)15-16(14)6-9/h7H,2-6,10H2,1H3. The van der Waals surface area contributed by atoms with Crippen LogP contribution in [-0.4, -0.2) is 58.3 Å². The lowest BCUT2D eigenvalue weighted by Crippen LogP contribution is -2.52. The molecule has 0 aromatic carbocycles. The predicted octanol–water partition coefficient (Wildman–Crippen LogP) is -1.000. The average molecular weight is 253 g/mol. The molecule has 1 amide bonds. The van der Waals surface area contributed by atoms with E-state index >= 15 is 0 Å². The molecular formula is C8H16FN3O3S. The number of rotatable bonds is 4. The minimum Gasteiger partial charge on any atom is -0.339 e. The first-order valence-corrected chi connectivity index (χ1v) is 6.21. The number of halogens is 1. The van der Waals surface area contributed by atoms with Gasteiger partial charge in [0.15, 0.2) is 6.01 Å². The molecule has 16 heavy (non-hydrogen) atoms. The van der Waals surface area contributed by atoms with Crippen LogP contribution in [0.25, 0.3) is 0 Å². The van der Waals surface area contributed by atoms with Gasteiger partial charge in [-0.15, -0.1) is 0 Å². The smallest absolute Gasteiger partial charge is 0.239 e. The minimum absolute atomic E-state index is 0.119. The van der Waals surface area contributed by atoms with E-state index in [0.29, 0.717) is 26.2 Å². The Bertz CT molecular complexity index is 269. The number of amides is 1. The fourth-order valence-electron chi connectivity index (χ4n) is 1.41. The number of nitrogens with zero attached hydrogens (tertiary/aromatic N) is 2. The van der Waals surface area contributed by atoms with Crippen molar-refractivity contribution in [3.8, 4) is 0 Å². The summed E-state index contributed by atoms with van der Waals surface area (Å²) < 4.78 is 27.5. The molecule has 1 rings (SSSR count). The van der Waals surface area contributed by atoms with E-state index in [-0.39, 0.29) is 5.91 Å². The summed E-state index contributed by atoms with van der Waals surface area (Å²) in [4.78, 5) is 13.1. The highest BCUT2D eigenvalue weighted by Crippen LogP contribution is 2.05. The summed E-state index contributed by atoms with van der Waals surface area (Å²) >= 11 is -1.92. The summed E-state index contributed by atoms with van der Waals surface area (Å²) in [6.07, 6.45) is 0. The summed E-state index contributed by atoms with van der Waals surface area (Å²) in [7, 11) is 0. The van der Waals surface area contributed by atoms with Gasteiger partial charge in [-0.25, -0.2) is 8.60 Å². The summed E-state index contributed by atoms with van der Waals surface area (Å²) in [6.45, 7) is 3.34. The van der Waals surface area contributed by atoms with Crippen LogP contribution in [0.3, 0.4) is 0 Å². The third-order valence-electron chi connectivity index (χ3n) is 2.22. The molecule has 2 N–H and O–H groups in total. The summed E-state index contributed by atoms with van der Waals surface area (Å²) in [6, 6.07) is -1.55. The van der Waals surface area contributed by atoms with Crippen molar-refractivity contribution in [3.05, 3.63) is 0 Å². The Morgan fingerprint density at radius 1 is 1.50 bits per heavy atom. The highest BCUT2D eigenvalue weighted by molar-refractivity contribution is 7.79. The van der Waals surface area contributed by atoms with E-state index in [1.807, 2.05) is 0 Å². The topological polar surface area (TPSA) is 75.9 Å². The van der Waals surface area contributed by atoms with E-state index in [1.54, 1.807) is 11.8 Å². The van der Waals surface area contributed by atoms with E-state index in [4.69, 9.17) is 10.0 Å². The Balaban J connectivity index is 2.34. The normalized spacial score (nSPS) is 21.8. The first-order valence-electron chi connectivity index (χ1n) is 4.96. The van der Waals surface area contributed by atoms with Gasteiger partial charge in [-0.1, -0.05) is 0 Å². The highest BCUT2D eigenvalue weighted by Gasteiger charge is 2.24. The fraction of sp³-hybridized carbons (Fsp3) is 0.875. The van der Waals surface area contributed by atoms with Crippen molar-refractivity contribution in [2.45, 2.75) is 13.0 Å². The van der Waals surface area contributed by atoms with Crippen LogP contribution >= 0.6 is 0 Å². The average Bonchev–Trinajstić information content (AvgIpc) is 2.28. The molecular weight excluding hydrogens is 237 g/mol. The number of hydrogen-bond donors (Lipinski definition) is 1. The lowest BCUT2D eigenvalue weighted by atomic mass is 10.2. The van der Waals surface area contributed by atoms with E-state index in [9.17, 15) is 13.4 Å². The summed E-state index contributed by atoms with van der Waals surface area (Å²) in [5.41, 5.74) is 5.47. The van der Waals surface area contributed by atoms with Crippen molar-refractivity contribution in [2.75, 3.05) is 32.2 Å². The van der Waals surface area contributed by atoms with E-state index in [1.165, 1.54) is 5.06 Å². The van der Waals surface area contributed by atoms with Gasteiger partial charge < -0.3 is 10.6 Å². The van der Waals surface area contributed by atoms with Crippen molar-refractivity contribution in [2.24, 2.45) is 5.73 Å². The molecule has 0 aliphatic carbocycles. The summed E-state index contributed by atoms with van der Waals surface area (Å²) in [5, 5.41) is 1.40. The van der Waals surface area contributed by atoms with Gasteiger partial charge in [0, 0.05) is 26.2 Å². The van der Waals surface area contributed by atoms with Crippen molar-refractivity contribution in [1.29, 1.82) is 0 Å². The number of alkyl halides is 1. The molecule has 1 aliphatic heterocycles. The molecule has 94 valence electrons. The lowest BCUT2D eigenvalue weighted by Gasteiger charge is -2.33. The van der Waals surface area contributed by atoms with Crippen LogP contribution in [0, 0.1) is 0 Å². The van der Waals surface area contributed by atoms with Crippen LogP contribution in [0.4, 0.5) is 4.39 Å². The predicted molar refractivity (Wildman–Crippen MR) is 57.0 cm³/mol. The second-order valence-electron chi connectivity index (χ2n) is 3.53. The number of carbonyl (C=O) groups is 1. The van der Waals surface area contributed by atoms with Gasteiger partial charge in [0.1, 0.15) is 0 Å². The van der Waals surface area contributed by atoms with Crippen LogP contribution in [0.1, 0.15) is 6.92 Å². The zero-order chi connectivity index (χ0) is 12.1. The molecule has 0 radical (unpaired) electrons. The third kappa shape index (κ3) is 3.78. The molecule has 0 spiro atoms. The molecule has 0 aromatic heterocycles. The van der Waals surface area contributed by atoms with Gasteiger partial charge in [0.2, 0.25) is 17.0 Å². The zero-order valence-corrected chi connectivity index (χ0v) is 9.91. The van der Waals surface area contributed by atoms with Crippen molar-refractivity contribution in [3.63, 3.8) is 0 Å². The second kappa shape index (κ2) is 6.24. The molecule has 0 aromatic rings. The Morgan fingerprint density at radius 2 is 2.06 bits per heavy atom. The molecule has 2 atom stereocenters. The largest absolute Gasteiger partial charge is 0.339 e. The third-order valence-corrected chi connectivity index (χ3v) is 2.77. The maximum absolute atomic E-state index is 11.9. The van der Waals surface area contributed by atoms with Crippen LogP contribution in [0.15, 0.2) is 0 Å². The fourth-order valence-corrected chi connectivity index (χ4v) is 1.83. The number of carbonyl (C=O) groups excluding carboxylic acids is 1. The number of hydroxylamine groups is 2. The van der Waals surface area contributed by atoms with E-state index in [2.05, 4.69) is 0 Å². The monoisotopic (exact) mass is 253 g/mol. The maximum Gasteiger partial charge on any atom is 0.239 e. The van der Waals surface area contributed by atoms with Gasteiger partial charge in [-0.3, -0.25) is 4.79 Å². The number of hydrogen-bond acceptors (Lipinski definition) is 5. The quantitative estimate of drug-likeness (QED) is 0.695. The van der Waals surface area contributed by atoms with Crippen molar-refractivity contribution in [1.82, 2.24) is 9.96 Å². The van der Waals surface area contributed by atoms with Crippen LogP contribution in [-0.2, 0) is 20.2 Å². The molecule has 1 fully saturated rings. The molecule has 0 bridgehead atoms. The second-order valence-corrected chi connectivity index (χ2v) is 4.51. The number of nitrogens with two attached hydrogens (primary N) is 1. The van der Waals surface area contributed by atoms with E-state index < -0.39 is 23.1 Å². The zero-order valence-electron chi connectivity index (χ0n) is 9.10. The SMILES string of the molecule is CC(N)C(=O)N1CCN(OS(=O)CF)CC1. The molecule has 0 saturated carbocycles. The van der Waals surface area contributed by atoms with Gasteiger partial charge in [0.25, 0.3) is 0 Å². The first kappa shape index (κ1) is 13.5. The highest BCUT2D eigenvalue weighted by atomic mass is 32.2. The van der Waals surface area contributed by atoms with Gasteiger partial charge in [-0.05, 0) is 6.92 Å².